The summed E-state index contributed by atoms with van der Waals surface area (Å²) in [4.78, 5) is 21.6. The van der Waals surface area contributed by atoms with E-state index in [9.17, 15) is 4.79 Å². The second-order valence-electron chi connectivity index (χ2n) is 4.47. The average molecular weight is 306 g/mol. The minimum Gasteiger partial charge on any atom is -0.395 e. The first kappa shape index (κ1) is 15.4. The van der Waals surface area contributed by atoms with E-state index >= 15 is 0 Å². The number of rotatable bonds is 6. The van der Waals surface area contributed by atoms with Crippen LogP contribution in [0.5, 0.6) is 0 Å². The van der Waals surface area contributed by atoms with Crippen molar-refractivity contribution in [3.05, 3.63) is 59.1 Å². The minimum atomic E-state index is -0.299. The molecule has 110 valence electrons. The summed E-state index contributed by atoms with van der Waals surface area (Å²) in [5.74, 6) is -0.299. The molecule has 21 heavy (non-hydrogen) atoms. The first-order valence-electron chi connectivity index (χ1n) is 6.62. The van der Waals surface area contributed by atoms with Crippen molar-refractivity contribution in [1.82, 2.24) is 14.9 Å². The molecule has 5 nitrogen and oxygen atoms in total. The molecule has 0 aliphatic heterocycles. The van der Waals surface area contributed by atoms with E-state index < -0.39 is 0 Å². The maximum absolute atomic E-state index is 12.4. The van der Waals surface area contributed by atoms with Gasteiger partial charge in [0.05, 0.1) is 11.6 Å². The predicted molar refractivity (Wildman–Crippen MR) is 80.2 cm³/mol. The molecule has 1 amide bonds. The fourth-order valence-electron chi connectivity index (χ4n) is 1.96. The van der Waals surface area contributed by atoms with E-state index in [-0.39, 0.29) is 29.8 Å². The first-order chi connectivity index (χ1) is 10.2. The maximum Gasteiger partial charge on any atom is 0.274 e. The third-order valence-corrected chi connectivity index (χ3v) is 3.32. The van der Waals surface area contributed by atoms with Gasteiger partial charge in [-0.25, -0.2) is 9.97 Å². The number of benzene rings is 1. The molecule has 0 bridgehead atoms. The zero-order valence-corrected chi connectivity index (χ0v) is 12.2. The highest BCUT2D eigenvalue weighted by Crippen LogP contribution is 2.13. The van der Waals surface area contributed by atoms with Crippen LogP contribution >= 0.6 is 11.6 Å². The number of aliphatic hydroxyl groups excluding tert-OH is 1. The van der Waals surface area contributed by atoms with Gasteiger partial charge in [0.15, 0.2) is 0 Å². The average Bonchev–Trinajstić information content (AvgIpc) is 2.52. The lowest BCUT2D eigenvalue weighted by Gasteiger charge is -2.21. The number of aliphatic hydroxyl groups is 1. The molecule has 1 N–H and O–H groups in total. The number of amides is 1. The summed E-state index contributed by atoms with van der Waals surface area (Å²) in [7, 11) is 0. The van der Waals surface area contributed by atoms with Crippen molar-refractivity contribution in [3.63, 3.8) is 0 Å². The van der Waals surface area contributed by atoms with Crippen LogP contribution in [-0.4, -0.2) is 45.6 Å². The van der Waals surface area contributed by atoms with Crippen molar-refractivity contribution in [1.29, 1.82) is 0 Å². The van der Waals surface area contributed by atoms with Crippen LogP contribution in [0.1, 0.15) is 16.1 Å². The summed E-state index contributed by atoms with van der Waals surface area (Å²) >= 11 is 5.95. The zero-order valence-electron chi connectivity index (χ0n) is 11.4. The molecule has 1 heterocycles. The smallest absolute Gasteiger partial charge is 0.274 e. The van der Waals surface area contributed by atoms with Crippen molar-refractivity contribution >= 4 is 17.5 Å². The van der Waals surface area contributed by atoms with Crippen LogP contribution in [-0.2, 0) is 6.42 Å². The van der Waals surface area contributed by atoms with Gasteiger partial charge in [0.1, 0.15) is 12.0 Å². The predicted octanol–water partition coefficient (Wildman–Crippen LogP) is 1.81. The maximum atomic E-state index is 12.4. The molecule has 0 radical (unpaired) electrons. The minimum absolute atomic E-state index is 0.108. The third kappa shape index (κ3) is 4.24. The third-order valence-electron chi connectivity index (χ3n) is 3.04. The molecule has 2 aromatic rings. The van der Waals surface area contributed by atoms with Gasteiger partial charge in [-0.05, 0) is 12.0 Å². The Balaban J connectivity index is 2.08. The molecule has 0 saturated carbocycles. The lowest BCUT2D eigenvalue weighted by Crippen LogP contribution is -2.36. The number of nitrogens with zero attached hydrogens (tertiary/aromatic N) is 3. The van der Waals surface area contributed by atoms with Crippen LogP contribution in [0, 0.1) is 0 Å². The molecule has 0 fully saturated rings. The van der Waals surface area contributed by atoms with E-state index in [1.807, 2.05) is 30.3 Å². The highest BCUT2D eigenvalue weighted by atomic mass is 35.5. The summed E-state index contributed by atoms with van der Waals surface area (Å²) in [6, 6.07) is 9.85. The molecule has 0 saturated heterocycles. The largest absolute Gasteiger partial charge is 0.395 e. The first-order valence-corrected chi connectivity index (χ1v) is 6.99. The second kappa shape index (κ2) is 7.71. The number of aromatic nitrogens is 2. The van der Waals surface area contributed by atoms with E-state index in [0.29, 0.717) is 13.0 Å². The lowest BCUT2D eigenvalue weighted by atomic mass is 10.1. The fourth-order valence-corrected chi connectivity index (χ4v) is 2.15. The summed E-state index contributed by atoms with van der Waals surface area (Å²) < 4.78 is 0. The molecule has 6 heteroatoms. The SMILES string of the molecule is O=C(c1ncncc1Cl)N(CCO)CCc1ccccc1. The Bertz CT molecular complexity index is 592. The van der Waals surface area contributed by atoms with Gasteiger partial charge in [0.25, 0.3) is 5.91 Å². The monoisotopic (exact) mass is 305 g/mol. The second-order valence-corrected chi connectivity index (χ2v) is 4.88. The van der Waals surface area contributed by atoms with Crippen molar-refractivity contribution < 1.29 is 9.90 Å². The number of hydrogen-bond acceptors (Lipinski definition) is 4. The molecule has 0 spiro atoms. The topological polar surface area (TPSA) is 66.3 Å². The molecular formula is C15H16ClN3O2. The molecule has 1 aromatic heterocycles. The molecule has 0 atom stereocenters. The summed E-state index contributed by atoms with van der Waals surface area (Å²) in [6.45, 7) is 0.624. The Morgan fingerprint density at radius 3 is 2.67 bits per heavy atom. The Labute approximate surface area is 128 Å². The summed E-state index contributed by atoms with van der Waals surface area (Å²) in [6.07, 6.45) is 3.37. The Kier molecular flexibility index (Phi) is 5.66. The molecule has 1 aromatic carbocycles. The van der Waals surface area contributed by atoms with Gasteiger partial charge in [-0.15, -0.1) is 0 Å². The molecule has 0 aliphatic rings. The quantitative estimate of drug-likeness (QED) is 0.884. The summed E-state index contributed by atoms with van der Waals surface area (Å²) in [5, 5.41) is 9.35. The highest BCUT2D eigenvalue weighted by molar-refractivity contribution is 6.33. The number of carbonyl (C=O) groups is 1. The van der Waals surface area contributed by atoms with Gasteiger partial charge in [-0.1, -0.05) is 41.9 Å². The normalized spacial score (nSPS) is 10.4. The molecule has 0 aliphatic carbocycles. The van der Waals surface area contributed by atoms with Crippen LogP contribution in [0.4, 0.5) is 0 Å². The van der Waals surface area contributed by atoms with E-state index in [2.05, 4.69) is 9.97 Å². The van der Waals surface area contributed by atoms with Crippen molar-refractivity contribution in [2.75, 3.05) is 19.7 Å². The summed E-state index contributed by atoms with van der Waals surface area (Å²) in [5.41, 5.74) is 1.29. The van der Waals surface area contributed by atoms with E-state index in [4.69, 9.17) is 16.7 Å². The Morgan fingerprint density at radius 2 is 2.00 bits per heavy atom. The van der Waals surface area contributed by atoms with Gasteiger partial charge in [0, 0.05) is 19.3 Å². The number of carbonyl (C=O) groups excluding carboxylic acids is 1. The van der Waals surface area contributed by atoms with Crippen LogP contribution in [0.3, 0.4) is 0 Å². The van der Waals surface area contributed by atoms with Gasteiger partial charge in [0.2, 0.25) is 0 Å². The van der Waals surface area contributed by atoms with Crippen LogP contribution < -0.4 is 0 Å². The fraction of sp³-hybridized carbons (Fsp3) is 0.267. The molecule has 2 rings (SSSR count). The van der Waals surface area contributed by atoms with E-state index in [0.717, 1.165) is 5.56 Å². The standard InChI is InChI=1S/C15H16ClN3O2/c16-13-10-17-11-18-14(13)15(21)19(8-9-20)7-6-12-4-2-1-3-5-12/h1-5,10-11,20H,6-9H2. The lowest BCUT2D eigenvalue weighted by molar-refractivity contribution is 0.0718. The Hall–Kier alpha value is -1.98. The van der Waals surface area contributed by atoms with Crippen LogP contribution in [0.15, 0.2) is 42.9 Å². The molecular weight excluding hydrogens is 290 g/mol. The Morgan fingerprint density at radius 1 is 1.24 bits per heavy atom. The van der Waals surface area contributed by atoms with Gasteiger partial charge in [-0.2, -0.15) is 0 Å². The van der Waals surface area contributed by atoms with Gasteiger partial charge in [-0.3, -0.25) is 4.79 Å². The van der Waals surface area contributed by atoms with Crippen molar-refractivity contribution in [2.24, 2.45) is 0 Å². The van der Waals surface area contributed by atoms with Crippen molar-refractivity contribution in [3.8, 4) is 0 Å². The highest BCUT2D eigenvalue weighted by Gasteiger charge is 2.19. The molecule has 0 unspecified atom stereocenters. The van der Waals surface area contributed by atoms with Crippen molar-refractivity contribution in [2.45, 2.75) is 6.42 Å². The van der Waals surface area contributed by atoms with Gasteiger partial charge < -0.3 is 10.0 Å². The number of halogens is 1. The van der Waals surface area contributed by atoms with E-state index in [1.54, 1.807) is 4.90 Å². The number of hydrogen-bond donors (Lipinski definition) is 1. The van der Waals surface area contributed by atoms with E-state index in [1.165, 1.54) is 12.5 Å². The van der Waals surface area contributed by atoms with Crippen LogP contribution in [0.25, 0.3) is 0 Å². The van der Waals surface area contributed by atoms with Crippen LogP contribution in [0.2, 0.25) is 5.02 Å². The zero-order chi connectivity index (χ0) is 15.1. The van der Waals surface area contributed by atoms with Gasteiger partial charge >= 0.3 is 0 Å².